The number of carbonyl (C=O) groups excluding carboxylic acids is 4. The van der Waals surface area contributed by atoms with Gasteiger partial charge in [0.1, 0.15) is 23.1 Å². The Labute approximate surface area is 432 Å². The second-order valence-corrected chi connectivity index (χ2v) is 21.2. The smallest absolute Gasteiger partial charge is 0.253 e. The minimum atomic E-state index is -0.00187. The third-order valence-corrected chi connectivity index (χ3v) is 14.9. The molecule has 2 heterocycles. The van der Waals surface area contributed by atoms with Gasteiger partial charge in [0.2, 0.25) is 0 Å². The normalized spacial score (nSPS) is 14.7. The molecule has 352 valence electrons. The number of hydrogen-bond acceptors (Lipinski definition) is 6. The summed E-state index contributed by atoms with van der Waals surface area (Å²) in [5.41, 5.74) is 14.1. The average molecular weight is 1120 g/mol. The predicted molar refractivity (Wildman–Crippen MR) is 280 cm³/mol. The lowest BCUT2D eigenvalue weighted by molar-refractivity contribution is -0.119. The average Bonchev–Trinajstić information content (AvgIpc) is 3.26. The first-order valence-electron chi connectivity index (χ1n) is 22.2. The minimum absolute atomic E-state index is 0.00187. The van der Waals surface area contributed by atoms with E-state index in [1.54, 1.807) is 36.4 Å². The van der Waals surface area contributed by atoms with Crippen LogP contribution in [0.25, 0.3) is 22.3 Å². The van der Waals surface area contributed by atoms with Crippen molar-refractivity contribution in [3.05, 3.63) is 178 Å². The number of carbonyl (C=O) groups is 4. The van der Waals surface area contributed by atoms with Crippen molar-refractivity contribution in [1.29, 1.82) is 0 Å². The number of aryl methyl sites for hydroxylation is 4. The largest absolute Gasteiger partial charge is 0.318 e. The zero-order valence-corrected chi connectivity index (χ0v) is 44.2. The Morgan fingerprint density at radius 2 is 0.838 bits per heavy atom. The van der Waals surface area contributed by atoms with Crippen LogP contribution in [0.4, 0.5) is 0 Å². The molecule has 0 fully saturated rings. The second-order valence-electron chi connectivity index (χ2n) is 17.8. The molecule has 0 N–H and O–H groups in total. The van der Waals surface area contributed by atoms with Crippen molar-refractivity contribution in [2.75, 3.05) is 0 Å². The van der Waals surface area contributed by atoms with Gasteiger partial charge in [-0.3, -0.25) is 28.8 Å². The number of rotatable bonds is 2. The van der Waals surface area contributed by atoms with Crippen LogP contribution in [0.15, 0.2) is 91.6 Å². The summed E-state index contributed by atoms with van der Waals surface area (Å²) in [5, 5.41) is 2.81. The third-order valence-electron chi connectivity index (χ3n) is 12.6. The monoisotopic (exact) mass is 1120 g/mol. The van der Waals surface area contributed by atoms with E-state index in [1.807, 2.05) is 73.8 Å². The Balaban J connectivity index is 0.000000138. The summed E-state index contributed by atoms with van der Waals surface area (Å²) in [5.74, 6) is 1.13. The molecule has 0 atom stereocenters. The van der Waals surface area contributed by atoms with E-state index in [9.17, 15) is 28.8 Å². The fraction of sp³-hybridized carbons (Fsp3) is 0.296. The van der Waals surface area contributed by atoms with Gasteiger partial charge in [0.25, 0.3) is 11.1 Å². The molecule has 0 saturated carbocycles. The van der Waals surface area contributed by atoms with Crippen molar-refractivity contribution in [2.45, 2.75) is 90.9 Å². The van der Waals surface area contributed by atoms with E-state index in [2.05, 4.69) is 31.9 Å². The van der Waals surface area contributed by atoms with Crippen molar-refractivity contribution in [2.24, 2.45) is 14.1 Å². The summed E-state index contributed by atoms with van der Waals surface area (Å²) >= 11 is 31.4. The first-order chi connectivity index (χ1) is 32.2. The Morgan fingerprint density at radius 3 is 1.37 bits per heavy atom. The summed E-state index contributed by atoms with van der Waals surface area (Å²) in [6, 6.07) is 19.2. The van der Waals surface area contributed by atoms with Crippen LogP contribution in [0.1, 0.15) is 81.3 Å². The van der Waals surface area contributed by atoms with Crippen molar-refractivity contribution >= 4 is 101 Å². The second kappa shape index (κ2) is 22.1. The van der Waals surface area contributed by atoms with E-state index < -0.39 is 0 Å². The molecule has 0 unspecified atom stereocenters. The highest BCUT2D eigenvalue weighted by Gasteiger charge is 2.23. The van der Waals surface area contributed by atoms with Crippen LogP contribution < -0.4 is 11.1 Å². The summed E-state index contributed by atoms with van der Waals surface area (Å²) in [4.78, 5) is 69.3. The highest BCUT2D eigenvalue weighted by Crippen LogP contribution is 2.36. The lowest BCUT2D eigenvalue weighted by atomic mass is 9.85. The molecule has 14 heteroatoms. The number of Topliss-reactive ketones (excluding diaryl/α,β-unsaturated/α-hetero) is 4. The predicted octanol–water partition coefficient (Wildman–Crippen LogP) is 12.5. The van der Waals surface area contributed by atoms with Gasteiger partial charge < -0.3 is 9.13 Å². The van der Waals surface area contributed by atoms with Crippen LogP contribution >= 0.6 is 78.3 Å². The molecule has 68 heavy (non-hydrogen) atoms. The van der Waals surface area contributed by atoms with Crippen LogP contribution in [0.3, 0.4) is 0 Å². The van der Waals surface area contributed by atoms with Gasteiger partial charge in [0.05, 0.1) is 0 Å². The van der Waals surface area contributed by atoms with Gasteiger partial charge in [-0.1, -0.05) is 84.3 Å². The van der Waals surface area contributed by atoms with Gasteiger partial charge >= 0.3 is 0 Å². The first kappa shape index (κ1) is 51.4. The minimum Gasteiger partial charge on any atom is -0.318 e. The van der Waals surface area contributed by atoms with Crippen LogP contribution in [-0.4, -0.2) is 32.3 Å². The number of pyridine rings is 2. The maximum absolute atomic E-state index is 11.8. The quantitative estimate of drug-likeness (QED) is 0.171. The van der Waals surface area contributed by atoms with Crippen LogP contribution in [0.5, 0.6) is 0 Å². The van der Waals surface area contributed by atoms with Gasteiger partial charge in [-0.15, -0.1) is 0 Å². The summed E-state index contributed by atoms with van der Waals surface area (Å²) in [6.07, 6.45) is 11.1. The van der Waals surface area contributed by atoms with Crippen LogP contribution in [-0.2, 0) is 84.6 Å². The van der Waals surface area contributed by atoms with E-state index in [0.29, 0.717) is 89.1 Å². The van der Waals surface area contributed by atoms with E-state index in [-0.39, 0.29) is 22.7 Å². The number of halogens is 6. The number of fused-ring (bicyclic) bond motifs is 4. The molecule has 4 aliphatic rings. The van der Waals surface area contributed by atoms with Crippen molar-refractivity contribution in [3.8, 4) is 22.3 Å². The zero-order valence-electron chi connectivity index (χ0n) is 38.0. The number of hydrogen-bond donors (Lipinski definition) is 0. The number of aromatic nitrogens is 2. The van der Waals surface area contributed by atoms with Gasteiger partial charge in [0.15, 0.2) is 0 Å². The lowest BCUT2D eigenvalue weighted by Gasteiger charge is -2.20. The number of nitrogens with zero attached hydrogens (tertiary/aromatic N) is 2. The number of benzene rings is 4. The summed E-state index contributed by atoms with van der Waals surface area (Å²) < 4.78 is 5.14. The van der Waals surface area contributed by atoms with E-state index in [0.717, 1.165) is 95.3 Å². The Kier molecular flexibility index (Phi) is 16.7. The lowest BCUT2D eigenvalue weighted by Crippen LogP contribution is -2.19. The fourth-order valence-corrected chi connectivity index (χ4v) is 11.8. The maximum atomic E-state index is 11.8. The summed E-state index contributed by atoms with van der Waals surface area (Å²) in [7, 11) is 3.49. The Morgan fingerprint density at radius 1 is 0.426 bits per heavy atom. The molecule has 8 nitrogen and oxygen atoms in total. The topological polar surface area (TPSA) is 112 Å². The standard InChI is InChI=1S/2C17H16ClNO2.2C10H8BrClO/c1-10-5-13(9-19(2)17(10)21)11-6-12-7-14(20)3-4-15(12)16(18)8-11;1-10-5-12(9-19(2)17(10)21)16-8-13(18)6-11-7-14(20)3-4-15(11)16;11-10-5-7(12)3-6-4-8(13)1-2-9(6)10;11-7-3-6-4-8(13)1-2-9(6)10(12)5-7/h2*5-6,8-9H,3-4,7H2,1-2H3;2*3,5H,1-2,4H2. The molecular formula is C54H48Br2Cl4N2O6. The van der Waals surface area contributed by atoms with Gasteiger partial charge in [-0.05, 0) is 161 Å². The Hall–Kier alpha value is -4.42. The fourth-order valence-electron chi connectivity index (χ4n) is 9.21. The summed E-state index contributed by atoms with van der Waals surface area (Å²) in [6.45, 7) is 3.61. The molecule has 0 radical (unpaired) electrons. The maximum Gasteiger partial charge on any atom is 0.253 e. The third kappa shape index (κ3) is 12.3. The van der Waals surface area contributed by atoms with Crippen molar-refractivity contribution in [3.63, 3.8) is 0 Å². The van der Waals surface area contributed by atoms with E-state index in [1.165, 1.54) is 11.1 Å². The highest BCUT2D eigenvalue weighted by molar-refractivity contribution is 9.10. The van der Waals surface area contributed by atoms with E-state index in [4.69, 9.17) is 46.4 Å². The zero-order chi connectivity index (χ0) is 49.1. The van der Waals surface area contributed by atoms with Crippen molar-refractivity contribution < 1.29 is 19.2 Å². The molecule has 10 rings (SSSR count). The highest BCUT2D eigenvalue weighted by atomic mass is 79.9. The van der Waals surface area contributed by atoms with Gasteiger partial charge in [-0.2, -0.15) is 0 Å². The molecule has 0 bridgehead atoms. The van der Waals surface area contributed by atoms with Crippen molar-refractivity contribution in [1.82, 2.24) is 9.13 Å². The molecule has 0 saturated heterocycles. The van der Waals surface area contributed by atoms with Crippen LogP contribution in [0, 0.1) is 13.8 Å². The first-order valence-corrected chi connectivity index (χ1v) is 25.3. The van der Waals surface area contributed by atoms with Gasteiger partial charge in [-0.25, -0.2) is 0 Å². The molecule has 2 aromatic heterocycles. The molecule has 6 aromatic rings. The number of ketones is 4. The Bertz CT molecular complexity index is 3040. The molecular weight excluding hydrogens is 1070 g/mol. The van der Waals surface area contributed by atoms with E-state index >= 15 is 0 Å². The molecule has 4 aliphatic carbocycles. The van der Waals surface area contributed by atoms with Gasteiger partial charge in [0, 0.05) is 118 Å². The van der Waals surface area contributed by atoms with Crippen LogP contribution in [0.2, 0.25) is 20.1 Å². The molecule has 0 spiro atoms. The molecule has 0 aliphatic heterocycles. The SMILES string of the molecule is Cc1cc(-c2cc(Cl)c3c(c2)CC(=O)CC3)cn(C)c1=O.Cc1cc(-c2cc(Cl)cc3c2CCC(=O)C3)cn(C)c1=O.O=C1CCc2c(Br)cc(Cl)cc2C1.O=C1CCc2c(Cl)cc(Br)cc2C1. The molecule has 4 aromatic carbocycles. The molecule has 0 amide bonds.